The first-order valence-corrected chi connectivity index (χ1v) is 9.66. The SMILES string of the molecule is C=CC(=O)Nc1ccc(C(=O)O)cc1C(F)(F)F.C=CC(=O)Nc1ccc(C(=O)OC)cc1C(F)(F)F. The number of carbonyl (C=O) groups is 4. The number of hydrogen-bond donors (Lipinski definition) is 3. The van der Waals surface area contributed by atoms with Gasteiger partial charge in [-0.1, -0.05) is 13.2 Å². The largest absolute Gasteiger partial charge is 0.478 e. The van der Waals surface area contributed by atoms with E-state index in [1.54, 1.807) is 0 Å². The number of benzene rings is 2. The molecule has 0 aliphatic heterocycles. The Labute approximate surface area is 205 Å². The summed E-state index contributed by atoms with van der Waals surface area (Å²) in [6, 6.07) is 5.03. The van der Waals surface area contributed by atoms with Crippen LogP contribution < -0.4 is 10.6 Å². The molecule has 0 aliphatic carbocycles. The highest BCUT2D eigenvalue weighted by Crippen LogP contribution is 2.36. The van der Waals surface area contributed by atoms with Crippen LogP contribution in [0.15, 0.2) is 61.7 Å². The minimum absolute atomic E-state index is 0.258. The van der Waals surface area contributed by atoms with Crippen LogP contribution in [0.3, 0.4) is 0 Å². The molecule has 0 bridgehead atoms. The molecular formula is C23H18F6N2O6. The average Bonchev–Trinajstić information content (AvgIpc) is 2.82. The predicted octanol–water partition coefficient (Wildman–Crippen LogP) is 5.14. The van der Waals surface area contributed by atoms with Crippen LogP contribution in [0.4, 0.5) is 37.7 Å². The van der Waals surface area contributed by atoms with Gasteiger partial charge in [0.2, 0.25) is 11.8 Å². The van der Waals surface area contributed by atoms with Crippen LogP contribution in [0.2, 0.25) is 0 Å². The second-order valence-corrected chi connectivity index (χ2v) is 6.70. The zero-order valence-electron chi connectivity index (χ0n) is 18.8. The van der Waals surface area contributed by atoms with E-state index in [0.29, 0.717) is 12.1 Å². The van der Waals surface area contributed by atoms with E-state index in [4.69, 9.17) is 5.11 Å². The molecule has 2 aromatic rings. The van der Waals surface area contributed by atoms with Gasteiger partial charge in [-0.25, -0.2) is 9.59 Å². The molecule has 198 valence electrons. The summed E-state index contributed by atoms with van der Waals surface area (Å²) in [6.45, 7) is 6.25. The maximum absolute atomic E-state index is 12.8. The summed E-state index contributed by atoms with van der Waals surface area (Å²) in [5.74, 6) is -3.98. The number of carbonyl (C=O) groups excluding carboxylic acids is 3. The van der Waals surface area contributed by atoms with Crippen molar-refractivity contribution in [2.45, 2.75) is 12.4 Å². The summed E-state index contributed by atoms with van der Waals surface area (Å²) in [5.41, 5.74) is -4.10. The molecule has 2 rings (SSSR count). The smallest absolute Gasteiger partial charge is 0.418 e. The Balaban J connectivity index is 0.000000371. The highest BCUT2D eigenvalue weighted by atomic mass is 19.4. The number of rotatable bonds is 6. The standard InChI is InChI=1S/C12H10F3NO3.C11H8F3NO3/c1-3-10(17)16-9-5-4-7(11(18)19-2)6-8(9)12(13,14)15;1-2-9(16)15-8-4-3-6(10(17)18)5-7(8)11(12,13)14/h3-6H,1H2,2H3,(H,16,17);2-5H,1H2,(H,15,16)(H,17,18). The minimum Gasteiger partial charge on any atom is -0.478 e. The summed E-state index contributed by atoms with van der Waals surface area (Å²) >= 11 is 0. The fourth-order valence-electron chi connectivity index (χ4n) is 2.52. The van der Waals surface area contributed by atoms with Gasteiger partial charge in [0, 0.05) is 0 Å². The van der Waals surface area contributed by atoms with Gasteiger partial charge >= 0.3 is 24.3 Å². The monoisotopic (exact) mass is 532 g/mol. The first-order chi connectivity index (χ1) is 17.0. The van der Waals surface area contributed by atoms with E-state index in [-0.39, 0.29) is 5.56 Å². The van der Waals surface area contributed by atoms with Gasteiger partial charge in [0.25, 0.3) is 0 Å². The quantitative estimate of drug-likeness (QED) is 0.269. The Morgan fingerprint density at radius 3 is 1.49 bits per heavy atom. The molecule has 3 N–H and O–H groups in total. The van der Waals surface area contributed by atoms with Crippen LogP contribution >= 0.6 is 0 Å². The number of hydrogen-bond acceptors (Lipinski definition) is 5. The Bertz CT molecular complexity index is 1220. The summed E-state index contributed by atoms with van der Waals surface area (Å²) in [6.07, 6.45) is -7.83. The van der Waals surface area contributed by atoms with Gasteiger partial charge in [-0.3, -0.25) is 9.59 Å². The van der Waals surface area contributed by atoms with Crippen molar-refractivity contribution in [3.8, 4) is 0 Å². The number of methoxy groups -OCH3 is 1. The third-order valence-corrected chi connectivity index (χ3v) is 4.20. The molecule has 0 aliphatic rings. The number of carboxylic acid groups (broad SMARTS) is 1. The van der Waals surface area contributed by atoms with E-state index in [2.05, 4.69) is 17.9 Å². The van der Waals surface area contributed by atoms with E-state index >= 15 is 0 Å². The first-order valence-electron chi connectivity index (χ1n) is 9.66. The molecule has 0 heterocycles. The number of halogens is 6. The average molecular weight is 532 g/mol. The molecule has 2 aromatic carbocycles. The van der Waals surface area contributed by atoms with E-state index < -0.39 is 64.2 Å². The topological polar surface area (TPSA) is 122 Å². The Morgan fingerprint density at radius 2 is 1.16 bits per heavy atom. The minimum atomic E-state index is -4.77. The molecule has 2 amide bonds. The number of amides is 2. The van der Waals surface area contributed by atoms with E-state index in [0.717, 1.165) is 43.5 Å². The number of aromatic carboxylic acids is 1. The third-order valence-electron chi connectivity index (χ3n) is 4.20. The number of anilines is 2. The highest BCUT2D eigenvalue weighted by Gasteiger charge is 2.35. The lowest BCUT2D eigenvalue weighted by molar-refractivity contribution is -0.137. The summed E-state index contributed by atoms with van der Waals surface area (Å²) in [7, 11) is 1.06. The molecule has 14 heteroatoms. The Morgan fingerprint density at radius 1 is 0.784 bits per heavy atom. The Kier molecular flexibility index (Phi) is 10.2. The van der Waals surface area contributed by atoms with Crippen molar-refractivity contribution in [1.29, 1.82) is 0 Å². The van der Waals surface area contributed by atoms with Crippen LogP contribution in [0.5, 0.6) is 0 Å². The number of carboxylic acids is 1. The van der Waals surface area contributed by atoms with Crippen molar-refractivity contribution in [3.63, 3.8) is 0 Å². The maximum Gasteiger partial charge on any atom is 0.418 e. The highest BCUT2D eigenvalue weighted by molar-refractivity contribution is 6.00. The van der Waals surface area contributed by atoms with Gasteiger partial charge in [-0.15, -0.1) is 0 Å². The molecular weight excluding hydrogens is 514 g/mol. The van der Waals surface area contributed by atoms with Crippen molar-refractivity contribution in [3.05, 3.63) is 84.0 Å². The van der Waals surface area contributed by atoms with E-state index in [1.165, 1.54) is 0 Å². The molecule has 0 atom stereocenters. The fraction of sp³-hybridized carbons (Fsp3) is 0.130. The van der Waals surface area contributed by atoms with Gasteiger partial charge in [0.15, 0.2) is 0 Å². The number of nitrogens with one attached hydrogen (secondary N) is 2. The van der Waals surface area contributed by atoms with E-state index in [9.17, 15) is 45.5 Å². The van der Waals surface area contributed by atoms with Crippen LogP contribution in [0, 0.1) is 0 Å². The molecule has 0 saturated heterocycles. The van der Waals surface area contributed by atoms with E-state index in [1.807, 2.05) is 10.6 Å². The summed E-state index contributed by atoms with van der Waals surface area (Å²) in [4.78, 5) is 43.8. The maximum atomic E-state index is 12.8. The molecule has 0 radical (unpaired) electrons. The normalized spacial score (nSPS) is 10.8. The number of esters is 1. The van der Waals surface area contributed by atoms with Crippen molar-refractivity contribution in [2.75, 3.05) is 17.7 Å². The van der Waals surface area contributed by atoms with Gasteiger partial charge < -0.3 is 20.5 Å². The zero-order chi connectivity index (χ0) is 28.6. The van der Waals surface area contributed by atoms with Gasteiger partial charge in [0.1, 0.15) is 0 Å². The molecule has 0 unspecified atom stereocenters. The third kappa shape index (κ3) is 8.83. The number of alkyl halides is 6. The summed E-state index contributed by atoms with van der Waals surface area (Å²) < 4.78 is 80.8. The lowest BCUT2D eigenvalue weighted by Gasteiger charge is -2.14. The van der Waals surface area contributed by atoms with Crippen molar-refractivity contribution >= 4 is 35.1 Å². The van der Waals surface area contributed by atoms with Crippen molar-refractivity contribution in [2.24, 2.45) is 0 Å². The zero-order valence-corrected chi connectivity index (χ0v) is 18.8. The van der Waals surface area contributed by atoms with Gasteiger partial charge in [-0.05, 0) is 48.6 Å². The molecule has 37 heavy (non-hydrogen) atoms. The van der Waals surface area contributed by atoms with Crippen LogP contribution in [-0.2, 0) is 26.7 Å². The number of ether oxygens (including phenoxy) is 1. The van der Waals surface area contributed by atoms with Crippen molar-refractivity contribution < 1.29 is 55.4 Å². The van der Waals surface area contributed by atoms with Gasteiger partial charge in [-0.2, -0.15) is 26.3 Å². The molecule has 0 saturated carbocycles. The fourth-order valence-corrected chi connectivity index (χ4v) is 2.52. The van der Waals surface area contributed by atoms with Crippen LogP contribution in [-0.4, -0.2) is 36.0 Å². The molecule has 0 spiro atoms. The second kappa shape index (κ2) is 12.4. The lowest BCUT2D eigenvalue weighted by atomic mass is 10.1. The van der Waals surface area contributed by atoms with Gasteiger partial charge in [0.05, 0.1) is 40.7 Å². The molecule has 0 aromatic heterocycles. The first kappa shape index (κ1) is 30.4. The second-order valence-electron chi connectivity index (χ2n) is 6.70. The Hall–Kier alpha value is -4.62. The van der Waals surface area contributed by atoms with Crippen LogP contribution in [0.25, 0.3) is 0 Å². The predicted molar refractivity (Wildman–Crippen MR) is 119 cm³/mol. The van der Waals surface area contributed by atoms with Crippen molar-refractivity contribution in [1.82, 2.24) is 0 Å². The molecule has 8 nitrogen and oxygen atoms in total. The summed E-state index contributed by atoms with van der Waals surface area (Å²) in [5, 5.41) is 12.6. The molecule has 0 fully saturated rings. The van der Waals surface area contributed by atoms with Crippen LogP contribution in [0.1, 0.15) is 31.8 Å². The lowest BCUT2D eigenvalue weighted by Crippen LogP contribution is -2.16.